The van der Waals surface area contributed by atoms with E-state index >= 15 is 0 Å². The third-order valence-electron chi connectivity index (χ3n) is 6.88. The number of alkyl halides is 1. The van der Waals surface area contributed by atoms with E-state index in [2.05, 4.69) is 4.98 Å². The summed E-state index contributed by atoms with van der Waals surface area (Å²) in [6.45, 7) is 0.655. The third kappa shape index (κ3) is 3.96. The summed E-state index contributed by atoms with van der Waals surface area (Å²) < 4.78 is 0. The first-order valence-electron chi connectivity index (χ1n) is 11.5. The number of aliphatic hydroxyl groups excluding tert-OH is 1. The molecule has 2 N–H and O–H groups in total. The highest BCUT2D eigenvalue weighted by Crippen LogP contribution is 2.41. The summed E-state index contributed by atoms with van der Waals surface area (Å²) in [5.74, 6) is -0.911. The Morgan fingerprint density at radius 1 is 1.09 bits per heavy atom. The Morgan fingerprint density at radius 2 is 1.77 bits per heavy atom. The van der Waals surface area contributed by atoms with Crippen LogP contribution >= 0.6 is 11.6 Å². The molecular weight excluding hydrogens is 468 g/mol. The maximum Gasteiger partial charge on any atom is 0.254 e. The molecule has 35 heavy (non-hydrogen) atoms. The molecule has 5 rings (SSSR count). The monoisotopic (exact) mass is 494 g/mol. The minimum atomic E-state index is -0.711. The highest BCUT2D eigenvalue weighted by Gasteiger charge is 2.43. The number of nitrogens with zero attached hydrogens (tertiary/aromatic N) is 3. The van der Waals surface area contributed by atoms with Crippen molar-refractivity contribution < 1.29 is 19.5 Å². The van der Waals surface area contributed by atoms with Gasteiger partial charge in [0.1, 0.15) is 11.9 Å². The number of β-amino-alcohol motifs (C(OH)–C–C–N with tert-alkyl or cyclic N) is 1. The Labute approximate surface area is 208 Å². The van der Waals surface area contributed by atoms with E-state index in [0.717, 1.165) is 27.7 Å². The molecule has 182 valence electrons. The molecule has 3 heterocycles. The Hall–Kier alpha value is -3.36. The lowest BCUT2D eigenvalue weighted by molar-refractivity contribution is -0.145. The topological polar surface area (TPSA) is 96.9 Å². The fraction of sp³-hybridized carbons (Fsp3) is 0.346. The fourth-order valence-corrected chi connectivity index (χ4v) is 5.25. The summed E-state index contributed by atoms with van der Waals surface area (Å²) in [4.78, 5) is 47.3. The molecule has 0 unspecified atom stereocenters. The quantitative estimate of drug-likeness (QED) is 0.543. The zero-order chi connectivity index (χ0) is 24.9. The second-order valence-electron chi connectivity index (χ2n) is 9.34. The number of rotatable bonds is 4. The zero-order valence-corrected chi connectivity index (χ0v) is 20.3. The molecule has 1 fully saturated rings. The number of amides is 3. The summed E-state index contributed by atoms with van der Waals surface area (Å²) in [5, 5.41) is 10.5. The standard InChI is InChI=1S/C26H27ClN4O4/c1-29(2)26(35)21-11-19-18-5-3-4-6-20(18)28-23(19)24(31(21)22(33)12-27)15-7-9-16(10-8-15)25(34)30-13-17(32)14-30/h3-10,17,21,24,28,32H,11-14H2,1-2H3/t21-,24+/m1/s1. The van der Waals surface area contributed by atoms with Gasteiger partial charge in [-0.1, -0.05) is 30.3 Å². The van der Waals surface area contributed by atoms with Crippen LogP contribution in [0, 0.1) is 0 Å². The maximum absolute atomic E-state index is 13.3. The number of fused-ring (bicyclic) bond motifs is 3. The molecule has 0 saturated carbocycles. The highest BCUT2D eigenvalue weighted by atomic mass is 35.5. The van der Waals surface area contributed by atoms with Crippen LogP contribution < -0.4 is 0 Å². The van der Waals surface area contributed by atoms with Crippen molar-refractivity contribution in [3.05, 3.63) is 70.9 Å². The lowest BCUT2D eigenvalue weighted by Gasteiger charge is -2.42. The van der Waals surface area contributed by atoms with E-state index < -0.39 is 18.2 Å². The number of likely N-dealkylation sites (tertiary alicyclic amines) is 1. The number of halogens is 1. The average molecular weight is 495 g/mol. The fourth-order valence-electron chi connectivity index (χ4n) is 5.12. The van der Waals surface area contributed by atoms with Crippen LogP contribution in [-0.4, -0.2) is 87.7 Å². The minimum Gasteiger partial charge on any atom is -0.389 e. The van der Waals surface area contributed by atoms with Crippen molar-refractivity contribution in [2.45, 2.75) is 24.6 Å². The van der Waals surface area contributed by atoms with Crippen molar-refractivity contribution in [3.8, 4) is 0 Å². The predicted octanol–water partition coefficient (Wildman–Crippen LogP) is 2.15. The Morgan fingerprint density at radius 3 is 2.40 bits per heavy atom. The van der Waals surface area contributed by atoms with Gasteiger partial charge in [-0.05, 0) is 29.3 Å². The molecule has 0 spiro atoms. The van der Waals surface area contributed by atoms with E-state index in [9.17, 15) is 19.5 Å². The summed E-state index contributed by atoms with van der Waals surface area (Å²) in [6.07, 6.45) is -0.0919. The van der Waals surface area contributed by atoms with E-state index in [1.165, 1.54) is 4.90 Å². The van der Waals surface area contributed by atoms with E-state index in [1.807, 2.05) is 36.4 Å². The molecule has 3 amide bonds. The van der Waals surface area contributed by atoms with Gasteiger partial charge in [0.05, 0.1) is 12.1 Å². The van der Waals surface area contributed by atoms with Crippen molar-refractivity contribution in [2.24, 2.45) is 0 Å². The molecule has 0 bridgehead atoms. The lowest BCUT2D eigenvalue weighted by Crippen LogP contribution is -2.55. The van der Waals surface area contributed by atoms with Gasteiger partial charge >= 0.3 is 0 Å². The molecule has 3 aromatic rings. The van der Waals surface area contributed by atoms with Gasteiger partial charge in [-0.2, -0.15) is 0 Å². The number of likely N-dealkylation sites (N-methyl/N-ethyl adjacent to an activating group) is 1. The SMILES string of the molecule is CN(C)C(=O)[C@H]1Cc2c([nH]c3ccccc23)[C@H](c2ccc(C(=O)N3CC(O)C3)cc2)N1C(=O)CCl. The third-order valence-corrected chi connectivity index (χ3v) is 7.11. The van der Waals surface area contributed by atoms with E-state index in [-0.39, 0.29) is 23.6 Å². The van der Waals surface area contributed by atoms with Gasteiger partial charge in [0.2, 0.25) is 11.8 Å². The van der Waals surface area contributed by atoms with Crippen molar-refractivity contribution in [3.63, 3.8) is 0 Å². The molecule has 0 aliphatic carbocycles. The average Bonchev–Trinajstić information content (AvgIpc) is 3.22. The molecule has 0 radical (unpaired) electrons. The minimum absolute atomic E-state index is 0.147. The molecular formula is C26H27ClN4O4. The van der Waals surface area contributed by atoms with Crippen molar-refractivity contribution in [2.75, 3.05) is 33.1 Å². The Kier molecular flexibility index (Phi) is 6.02. The van der Waals surface area contributed by atoms with Crippen LogP contribution in [0.5, 0.6) is 0 Å². The summed E-state index contributed by atoms with van der Waals surface area (Å²) in [5.41, 5.74) is 4.05. The number of hydrogen-bond acceptors (Lipinski definition) is 4. The van der Waals surface area contributed by atoms with E-state index in [4.69, 9.17) is 11.6 Å². The van der Waals surface area contributed by atoms with Crippen LogP contribution in [0.3, 0.4) is 0 Å². The molecule has 9 heteroatoms. The number of hydrogen-bond donors (Lipinski definition) is 2. The molecule has 1 aromatic heterocycles. The molecule has 8 nitrogen and oxygen atoms in total. The number of aliphatic hydroxyl groups is 1. The number of aromatic nitrogens is 1. The maximum atomic E-state index is 13.3. The van der Waals surface area contributed by atoms with Crippen molar-refractivity contribution in [1.29, 1.82) is 0 Å². The number of aromatic amines is 1. The Balaban J connectivity index is 1.62. The van der Waals surface area contributed by atoms with Crippen LogP contribution in [0.4, 0.5) is 0 Å². The van der Waals surface area contributed by atoms with E-state index in [1.54, 1.807) is 36.0 Å². The Bertz CT molecular complexity index is 1300. The van der Waals surface area contributed by atoms with Crippen LogP contribution in [0.25, 0.3) is 10.9 Å². The normalized spacial score (nSPS) is 19.9. The second kappa shape index (κ2) is 9.02. The molecule has 1 saturated heterocycles. The van der Waals surface area contributed by atoms with Gasteiger partial charge < -0.3 is 24.8 Å². The first kappa shape index (κ1) is 23.4. The summed E-state index contributed by atoms with van der Waals surface area (Å²) in [6, 6.07) is 13.7. The van der Waals surface area contributed by atoms with E-state index in [0.29, 0.717) is 25.1 Å². The number of benzene rings is 2. The molecule has 2 aliphatic rings. The smallest absolute Gasteiger partial charge is 0.254 e. The summed E-state index contributed by atoms with van der Waals surface area (Å²) in [7, 11) is 3.36. The highest BCUT2D eigenvalue weighted by molar-refractivity contribution is 6.27. The number of para-hydroxylation sites is 1. The first-order chi connectivity index (χ1) is 16.8. The van der Waals surface area contributed by atoms with Gasteiger partial charge in [-0.15, -0.1) is 11.6 Å². The van der Waals surface area contributed by atoms with Crippen molar-refractivity contribution >= 4 is 40.2 Å². The van der Waals surface area contributed by atoms with Gasteiger partial charge in [0.15, 0.2) is 0 Å². The van der Waals surface area contributed by atoms with Crippen LogP contribution in [0.15, 0.2) is 48.5 Å². The van der Waals surface area contributed by atoms with Gasteiger partial charge in [0, 0.05) is 55.8 Å². The van der Waals surface area contributed by atoms with Crippen LogP contribution in [0.2, 0.25) is 0 Å². The molecule has 2 aliphatic heterocycles. The predicted molar refractivity (Wildman–Crippen MR) is 132 cm³/mol. The lowest BCUT2D eigenvalue weighted by atomic mass is 9.87. The van der Waals surface area contributed by atoms with Crippen molar-refractivity contribution in [1.82, 2.24) is 19.7 Å². The number of H-pyrrole nitrogens is 1. The first-order valence-corrected chi connectivity index (χ1v) is 12.1. The number of carbonyl (C=O) groups excluding carboxylic acids is 3. The van der Waals surface area contributed by atoms with Crippen LogP contribution in [0.1, 0.15) is 33.2 Å². The molecule has 2 atom stereocenters. The number of nitrogens with one attached hydrogen (secondary N) is 1. The number of carbonyl (C=O) groups is 3. The molecule has 2 aromatic carbocycles. The van der Waals surface area contributed by atoms with Gasteiger partial charge in [0.25, 0.3) is 5.91 Å². The largest absolute Gasteiger partial charge is 0.389 e. The summed E-state index contributed by atoms with van der Waals surface area (Å²) >= 11 is 6.03. The zero-order valence-electron chi connectivity index (χ0n) is 19.6. The van der Waals surface area contributed by atoms with Gasteiger partial charge in [-0.25, -0.2) is 0 Å². The van der Waals surface area contributed by atoms with Gasteiger partial charge in [-0.3, -0.25) is 14.4 Å². The second-order valence-corrected chi connectivity index (χ2v) is 9.61. The van der Waals surface area contributed by atoms with Crippen LogP contribution in [-0.2, 0) is 16.0 Å².